The van der Waals surface area contributed by atoms with Crippen molar-refractivity contribution in [2.75, 3.05) is 33.4 Å². The zero-order valence-corrected chi connectivity index (χ0v) is 17.1. The molecule has 5 nitrogen and oxygen atoms in total. The first kappa shape index (κ1) is 22.9. The van der Waals surface area contributed by atoms with E-state index in [1.807, 2.05) is 35.7 Å². The summed E-state index contributed by atoms with van der Waals surface area (Å²) in [6, 6.07) is 9.93. The van der Waals surface area contributed by atoms with Crippen LogP contribution in [0.4, 0.5) is 0 Å². The van der Waals surface area contributed by atoms with Gasteiger partial charge < -0.3 is 15.4 Å². The maximum Gasteiger partial charge on any atom is 0.270 e. The van der Waals surface area contributed by atoms with Crippen molar-refractivity contribution in [1.82, 2.24) is 15.6 Å². The number of piperidine rings is 1. The molecule has 1 aromatic heterocycles. The third-order valence-electron chi connectivity index (χ3n) is 4.50. The molecule has 1 aliphatic rings. The van der Waals surface area contributed by atoms with Crippen LogP contribution in [0.1, 0.15) is 23.3 Å². The van der Waals surface area contributed by atoms with Gasteiger partial charge in [0.1, 0.15) is 10.7 Å². The molecular formula is C18H25Cl2N3O2S. The lowest BCUT2D eigenvalue weighted by atomic mass is 9.79. The third kappa shape index (κ3) is 5.66. The number of ether oxygens (including phenoxy) is 1. The van der Waals surface area contributed by atoms with Crippen LogP contribution in [0.15, 0.2) is 35.7 Å². The highest BCUT2D eigenvalue weighted by Gasteiger charge is 2.32. The molecule has 8 heteroatoms. The van der Waals surface area contributed by atoms with Gasteiger partial charge in [0.2, 0.25) is 0 Å². The maximum absolute atomic E-state index is 12.5. The molecule has 0 spiro atoms. The fraction of sp³-hybridized carbons (Fsp3) is 0.444. The molecule has 0 saturated carbocycles. The summed E-state index contributed by atoms with van der Waals surface area (Å²) in [6.45, 7) is 3.23. The molecule has 0 atom stereocenters. The summed E-state index contributed by atoms with van der Waals surface area (Å²) in [5.41, 5.74) is 1.55. The Morgan fingerprint density at radius 1 is 1.27 bits per heavy atom. The van der Waals surface area contributed by atoms with E-state index in [1.54, 1.807) is 7.11 Å². The van der Waals surface area contributed by atoms with E-state index in [4.69, 9.17) is 4.74 Å². The van der Waals surface area contributed by atoms with Crippen molar-refractivity contribution >= 4 is 42.1 Å². The highest BCUT2D eigenvalue weighted by Crippen LogP contribution is 2.28. The van der Waals surface area contributed by atoms with E-state index >= 15 is 0 Å². The van der Waals surface area contributed by atoms with E-state index in [1.165, 1.54) is 11.3 Å². The molecule has 1 aromatic carbocycles. The van der Waals surface area contributed by atoms with E-state index in [9.17, 15) is 4.79 Å². The van der Waals surface area contributed by atoms with Crippen molar-refractivity contribution in [2.45, 2.75) is 12.8 Å². The van der Waals surface area contributed by atoms with Gasteiger partial charge in [0.15, 0.2) is 0 Å². The third-order valence-corrected chi connectivity index (χ3v) is 5.39. The number of halogens is 2. The number of amides is 1. The molecule has 1 fully saturated rings. The van der Waals surface area contributed by atoms with E-state index in [0.29, 0.717) is 18.8 Å². The molecule has 2 N–H and O–H groups in total. The van der Waals surface area contributed by atoms with Gasteiger partial charge in [-0.1, -0.05) is 30.3 Å². The van der Waals surface area contributed by atoms with Gasteiger partial charge in [-0.05, 0) is 25.9 Å². The Kier molecular flexibility index (Phi) is 9.54. The second kappa shape index (κ2) is 10.8. The van der Waals surface area contributed by atoms with Gasteiger partial charge in [0.05, 0.1) is 6.61 Å². The number of carbonyl (C=O) groups excluding carboxylic acids is 1. The molecule has 26 heavy (non-hydrogen) atoms. The zero-order valence-electron chi connectivity index (χ0n) is 14.7. The van der Waals surface area contributed by atoms with E-state index in [-0.39, 0.29) is 36.1 Å². The van der Waals surface area contributed by atoms with Crippen LogP contribution >= 0.6 is 36.2 Å². The largest absolute Gasteiger partial charge is 0.384 e. The predicted octanol–water partition coefficient (Wildman–Crippen LogP) is 3.40. The molecule has 1 amide bonds. The number of thiazole rings is 1. The topological polar surface area (TPSA) is 63.2 Å². The minimum Gasteiger partial charge on any atom is -0.384 e. The first-order chi connectivity index (χ1) is 11.7. The molecule has 0 bridgehead atoms. The molecule has 1 aliphatic heterocycles. The van der Waals surface area contributed by atoms with Gasteiger partial charge in [-0.3, -0.25) is 4.79 Å². The molecule has 0 radical (unpaired) electrons. The number of hydrogen-bond acceptors (Lipinski definition) is 5. The average Bonchev–Trinajstić information content (AvgIpc) is 3.12. The average molecular weight is 418 g/mol. The molecule has 1 saturated heterocycles. The number of carbonyl (C=O) groups is 1. The van der Waals surface area contributed by atoms with Crippen molar-refractivity contribution in [3.8, 4) is 10.6 Å². The van der Waals surface area contributed by atoms with E-state index in [2.05, 4.69) is 15.6 Å². The Morgan fingerprint density at radius 3 is 2.62 bits per heavy atom. The minimum absolute atomic E-state index is 0. The summed E-state index contributed by atoms with van der Waals surface area (Å²) in [6.07, 6.45) is 2.01. The standard InChI is InChI=1S/C18H23N3O2S.2ClH/c1-23-13-18(7-9-19-10-8-18)12-20-16(22)15-11-24-17(21-15)14-5-3-2-4-6-14;;/h2-6,11,19H,7-10,12-13H2,1H3,(H,20,22);2*1H. The number of methoxy groups -OCH3 is 1. The second-order valence-corrected chi connectivity index (χ2v) is 7.13. The van der Waals surface area contributed by atoms with Crippen LogP contribution in [0.25, 0.3) is 10.6 Å². The molecule has 3 rings (SSSR count). The lowest BCUT2D eigenvalue weighted by Crippen LogP contribution is -2.47. The zero-order chi connectivity index (χ0) is 16.8. The number of nitrogens with one attached hydrogen (secondary N) is 2. The monoisotopic (exact) mass is 417 g/mol. The molecule has 0 unspecified atom stereocenters. The number of hydrogen-bond donors (Lipinski definition) is 2. The fourth-order valence-electron chi connectivity index (χ4n) is 3.09. The normalized spacial score (nSPS) is 15.4. The van der Waals surface area contributed by atoms with Crippen LogP contribution in [-0.2, 0) is 4.74 Å². The van der Waals surface area contributed by atoms with Gasteiger partial charge in [0.25, 0.3) is 5.91 Å². The van der Waals surface area contributed by atoms with Crippen LogP contribution in [0.5, 0.6) is 0 Å². The van der Waals surface area contributed by atoms with Crippen molar-refractivity contribution in [2.24, 2.45) is 5.41 Å². The number of rotatable bonds is 6. The summed E-state index contributed by atoms with van der Waals surface area (Å²) in [5, 5.41) is 9.11. The summed E-state index contributed by atoms with van der Waals surface area (Å²) in [7, 11) is 1.72. The Labute approximate surface area is 170 Å². The number of aromatic nitrogens is 1. The molecule has 0 aliphatic carbocycles. The highest BCUT2D eigenvalue weighted by molar-refractivity contribution is 7.13. The molecule has 144 valence electrons. The number of nitrogens with zero attached hydrogens (tertiary/aromatic N) is 1. The summed E-state index contributed by atoms with van der Waals surface area (Å²) in [4.78, 5) is 16.9. The quantitative estimate of drug-likeness (QED) is 0.755. The smallest absolute Gasteiger partial charge is 0.270 e. The Hall–Kier alpha value is -1.18. The van der Waals surface area contributed by atoms with Gasteiger partial charge in [-0.2, -0.15) is 0 Å². The number of benzene rings is 1. The van der Waals surface area contributed by atoms with Crippen LogP contribution in [0.3, 0.4) is 0 Å². The van der Waals surface area contributed by atoms with E-state index < -0.39 is 0 Å². The van der Waals surface area contributed by atoms with Crippen LogP contribution in [-0.4, -0.2) is 44.2 Å². The highest BCUT2D eigenvalue weighted by atomic mass is 35.5. The Balaban J connectivity index is 0.00000169. The van der Waals surface area contributed by atoms with Crippen LogP contribution in [0, 0.1) is 5.41 Å². The van der Waals surface area contributed by atoms with Crippen LogP contribution < -0.4 is 10.6 Å². The van der Waals surface area contributed by atoms with Gasteiger partial charge in [0, 0.05) is 30.0 Å². The first-order valence-electron chi connectivity index (χ1n) is 8.21. The predicted molar refractivity (Wildman–Crippen MR) is 111 cm³/mol. The summed E-state index contributed by atoms with van der Waals surface area (Å²) < 4.78 is 5.39. The van der Waals surface area contributed by atoms with E-state index in [0.717, 1.165) is 36.5 Å². The SMILES string of the molecule is COCC1(CNC(=O)c2csc(-c3ccccc3)n2)CCNCC1.Cl.Cl. The first-order valence-corrected chi connectivity index (χ1v) is 9.09. The Bertz CT molecular complexity index is 671. The molecule has 2 heterocycles. The van der Waals surface area contributed by atoms with Gasteiger partial charge >= 0.3 is 0 Å². The minimum atomic E-state index is -0.109. The summed E-state index contributed by atoms with van der Waals surface area (Å²) in [5.74, 6) is -0.109. The van der Waals surface area contributed by atoms with Crippen molar-refractivity contribution in [1.29, 1.82) is 0 Å². The molecule has 2 aromatic rings. The van der Waals surface area contributed by atoms with Crippen LogP contribution in [0.2, 0.25) is 0 Å². The lowest BCUT2D eigenvalue weighted by molar-refractivity contribution is 0.0511. The van der Waals surface area contributed by atoms with Crippen molar-refractivity contribution in [3.05, 3.63) is 41.4 Å². The lowest BCUT2D eigenvalue weighted by Gasteiger charge is -2.37. The van der Waals surface area contributed by atoms with Gasteiger partial charge in [-0.15, -0.1) is 36.2 Å². The fourth-order valence-corrected chi connectivity index (χ4v) is 3.89. The van der Waals surface area contributed by atoms with Crippen molar-refractivity contribution < 1.29 is 9.53 Å². The molecular weight excluding hydrogens is 393 g/mol. The summed E-state index contributed by atoms with van der Waals surface area (Å²) >= 11 is 1.50. The van der Waals surface area contributed by atoms with Gasteiger partial charge in [-0.25, -0.2) is 4.98 Å². The maximum atomic E-state index is 12.5. The Morgan fingerprint density at radius 2 is 1.96 bits per heavy atom. The van der Waals surface area contributed by atoms with Crippen molar-refractivity contribution in [3.63, 3.8) is 0 Å². The second-order valence-electron chi connectivity index (χ2n) is 6.27.